The lowest BCUT2D eigenvalue weighted by atomic mass is 9.60. The second-order valence-electron chi connectivity index (χ2n) is 20.2. The molecule has 13 bridgehead atoms. The second-order valence-corrected chi connectivity index (χ2v) is 20.2. The third-order valence-corrected chi connectivity index (χ3v) is 17.7. The fraction of sp³-hybridized carbons (Fsp3) is 0.0781. The van der Waals surface area contributed by atoms with E-state index in [-0.39, 0.29) is 0 Å². The summed E-state index contributed by atoms with van der Waals surface area (Å²) in [4.78, 5) is 0. The van der Waals surface area contributed by atoms with E-state index in [1.807, 2.05) is 0 Å². The molecule has 4 atom stereocenters. The van der Waals surface area contributed by atoms with Gasteiger partial charge in [0.1, 0.15) is 5.41 Å². The SMILES string of the molecule is C1=C2c3ccccc3-c3ccc4[n+](c3)C13C(=C1C25c2ccccc2-c2ccc6c[n+]2C15/C=C(/c1ccccc1-6)C12/C=C\3c3ccccc3-c3ccc([n+]1c3)-c1ccccc1C2)c1ccccc1-4. The predicted octanol–water partition coefficient (Wildman–Crippen LogP) is 11.8. The Hall–Kier alpha value is -8.27. The number of benzene rings is 6. The van der Waals surface area contributed by atoms with E-state index < -0.39 is 22.0 Å². The molecule has 0 amide bonds. The quantitative estimate of drug-likeness (QED) is 0.135. The molecule has 4 spiro atoms. The molecule has 0 saturated heterocycles. The number of rotatable bonds is 0. The standard InChI is InChI=1S/C64H38N3/c1-2-17-45-38(13-1)31-61-32-54(47-19-7-4-15-43(47)39-25-28-56(45)65(61)35-39)62-33-55-48-20-8-5-16-44(48)40-26-29-57(66(62)36-40)49-21-9-10-22-50(49)59(62)60-63-34-53(61)46-18-6-3-14-42(46)41-27-30-58(67(63)37-41)51-23-11-12-24-52(51)64(55,60)63/h1-30,32-37H,31H2/q+3/b53-34-,54-32-. The Labute approximate surface area is 387 Å². The van der Waals surface area contributed by atoms with Crippen molar-refractivity contribution in [1.29, 1.82) is 0 Å². The molecule has 4 unspecified atom stereocenters. The number of allylic oxidation sites excluding steroid dienone is 8. The zero-order chi connectivity index (χ0) is 43.2. The molecule has 9 aromatic rings. The van der Waals surface area contributed by atoms with Gasteiger partial charge in [0.05, 0.1) is 11.1 Å². The highest BCUT2D eigenvalue weighted by atomic mass is 15.2. The lowest BCUT2D eigenvalue weighted by Gasteiger charge is -2.44. The van der Waals surface area contributed by atoms with Crippen LogP contribution in [0.5, 0.6) is 0 Å². The van der Waals surface area contributed by atoms with Crippen LogP contribution in [0.2, 0.25) is 0 Å². The van der Waals surface area contributed by atoms with Crippen LogP contribution in [-0.2, 0) is 28.5 Å². The molecule has 18 rings (SSSR count). The Bertz CT molecular complexity index is 4100. The van der Waals surface area contributed by atoms with Crippen LogP contribution in [0.15, 0.2) is 224 Å². The van der Waals surface area contributed by atoms with E-state index in [4.69, 9.17) is 0 Å². The van der Waals surface area contributed by atoms with Crippen molar-refractivity contribution in [3.8, 4) is 67.2 Å². The molecule has 3 nitrogen and oxygen atoms in total. The second kappa shape index (κ2) is 10.9. The summed E-state index contributed by atoms with van der Waals surface area (Å²) in [6.45, 7) is 0. The average molecular weight is 849 g/mol. The average Bonchev–Trinajstić information content (AvgIpc) is 4.01. The molecule has 67 heavy (non-hydrogen) atoms. The number of nitrogens with zero attached hydrogens (tertiary/aromatic N) is 3. The normalized spacial score (nSPS) is 26.4. The van der Waals surface area contributed by atoms with Crippen LogP contribution in [-0.4, -0.2) is 0 Å². The molecule has 9 aliphatic rings. The monoisotopic (exact) mass is 848 g/mol. The maximum Gasteiger partial charge on any atom is 0.239 e. The maximum atomic E-state index is 2.84. The number of fused-ring (bicyclic) bond motifs is 18. The van der Waals surface area contributed by atoms with Crippen LogP contribution < -0.4 is 13.7 Å². The highest BCUT2D eigenvalue weighted by Gasteiger charge is 2.89. The summed E-state index contributed by atoms with van der Waals surface area (Å²) < 4.78 is 8.21. The highest BCUT2D eigenvalue weighted by Crippen LogP contribution is 2.82. The number of hydrogen-bond acceptors (Lipinski definition) is 0. The van der Waals surface area contributed by atoms with Gasteiger partial charge in [-0.25, -0.2) is 0 Å². The summed E-state index contributed by atoms with van der Waals surface area (Å²) in [6, 6.07) is 70.4. The van der Waals surface area contributed by atoms with Gasteiger partial charge in [0.15, 0.2) is 18.6 Å². The van der Waals surface area contributed by atoms with Crippen molar-refractivity contribution in [2.24, 2.45) is 0 Å². The van der Waals surface area contributed by atoms with Gasteiger partial charge in [-0.15, -0.1) is 0 Å². The molecular weight excluding hydrogens is 811 g/mol. The van der Waals surface area contributed by atoms with Gasteiger partial charge < -0.3 is 0 Å². The van der Waals surface area contributed by atoms with E-state index >= 15 is 0 Å². The van der Waals surface area contributed by atoms with E-state index in [1.165, 1.54) is 128 Å². The van der Waals surface area contributed by atoms with E-state index in [0.717, 1.165) is 6.42 Å². The lowest BCUT2D eigenvalue weighted by molar-refractivity contribution is -0.731. The number of aromatic nitrogens is 3. The Morgan fingerprint density at radius 3 is 1.52 bits per heavy atom. The highest BCUT2D eigenvalue weighted by molar-refractivity contribution is 6.13. The first-order valence-electron chi connectivity index (χ1n) is 23.9. The molecule has 1 fully saturated rings. The molecule has 6 aromatic carbocycles. The fourth-order valence-electron chi connectivity index (χ4n) is 15.3. The first-order valence-corrected chi connectivity index (χ1v) is 23.9. The van der Waals surface area contributed by atoms with Crippen molar-refractivity contribution >= 4 is 22.3 Å². The van der Waals surface area contributed by atoms with E-state index in [2.05, 4.69) is 233 Å². The van der Waals surface area contributed by atoms with Crippen LogP contribution >= 0.6 is 0 Å². The van der Waals surface area contributed by atoms with Crippen molar-refractivity contribution in [1.82, 2.24) is 0 Å². The van der Waals surface area contributed by atoms with Gasteiger partial charge in [-0.05, 0) is 92.0 Å². The van der Waals surface area contributed by atoms with E-state index in [9.17, 15) is 0 Å². The summed E-state index contributed by atoms with van der Waals surface area (Å²) >= 11 is 0. The minimum atomic E-state index is -0.769. The van der Waals surface area contributed by atoms with Gasteiger partial charge in [-0.3, -0.25) is 0 Å². The molecule has 3 heteroatoms. The van der Waals surface area contributed by atoms with Gasteiger partial charge in [-0.1, -0.05) is 127 Å². The third kappa shape index (κ3) is 3.46. The van der Waals surface area contributed by atoms with Crippen molar-refractivity contribution in [2.45, 2.75) is 28.5 Å². The predicted molar refractivity (Wildman–Crippen MR) is 263 cm³/mol. The van der Waals surface area contributed by atoms with Gasteiger partial charge >= 0.3 is 0 Å². The smallest absolute Gasteiger partial charge is 0.184 e. The summed E-state index contributed by atoms with van der Waals surface area (Å²) in [7, 11) is 0. The van der Waals surface area contributed by atoms with Crippen LogP contribution in [0.3, 0.4) is 0 Å². The number of hydrogen-bond donors (Lipinski definition) is 0. The minimum Gasteiger partial charge on any atom is -0.184 e. The zero-order valence-corrected chi connectivity index (χ0v) is 36.3. The molecule has 6 aliphatic heterocycles. The zero-order valence-electron chi connectivity index (χ0n) is 36.3. The summed E-state index contributed by atoms with van der Waals surface area (Å²) in [5.41, 5.74) is 27.5. The van der Waals surface area contributed by atoms with Crippen molar-refractivity contribution in [3.05, 3.63) is 258 Å². The van der Waals surface area contributed by atoms with Crippen LogP contribution in [0.4, 0.5) is 0 Å². The van der Waals surface area contributed by atoms with Crippen LogP contribution in [0, 0.1) is 0 Å². The van der Waals surface area contributed by atoms with Crippen molar-refractivity contribution in [3.63, 3.8) is 0 Å². The van der Waals surface area contributed by atoms with E-state index in [1.54, 1.807) is 0 Å². The van der Waals surface area contributed by atoms with Crippen LogP contribution in [0.1, 0.15) is 33.4 Å². The Kier molecular flexibility index (Phi) is 5.54. The largest absolute Gasteiger partial charge is 0.239 e. The fourth-order valence-corrected chi connectivity index (χ4v) is 15.3. The van der Waals surface area contributed by atoms with Gasteiger partial charge in [-0.2, -0.15) is 13.7 Å². The molecule has 306 valence electrons. The van der Waals surface area contributed by atoms with Gasteiger partial charge in [0.2, 0.25) is 33.7 Å². The van der Waals surface area contributed by atoms with Gasteiger partial charge in [0, 0.05) is 87.4 Å². The molecule has 1 saturated carbocycles. The third-order valence-electron chi connectivity index (χ3n) is 17.7. The molecule has 0 N–H and O–H groups in total. The Morgan fingerprint density at radius 1 is 0.343 bits per heavy atom. The first-order chi connectivity index (χ1) is 33.1. The summed E-state index contributed by atoms with van der Waals surface area (Å²) in [6.07, 6.45) is 16.8. The minimum absolute atomic E-state index is 0.552. The Morgan fingerprint density at radius 2 is 0.836 bits per heavy atom. The van der Waals surface area contributed by atoms with Crippen LogP contribution in [0.25, 0.3) is 89.4 Å². The first kappa shape index (κ1) is 34.1. The van der Waals surface area contributed by atoms with E-state index in [0.29, 0.717) is 0 Å². The Balaban J connectivity index is 1.18. The summed E-state index contributed by atoms with van der Waals surface area (Å²) in [5.74, 6) is 0. The maximum absolute atomic E-state index is 2.84. The lowest BCUT2D eigenvalue weighted by Crippen LogP contribution is -2.64. The molecule has 3 aliphatic carbocycles. The van der Waals surface area contributed by atoms with Crippen molar-refractivity contribution < 1.29 is 13.7 Å². The van der Waals surface area contributed by atoms with Gasteiger partial charge in [0.25, 0.3) is 0 Å². The summed E-state index contributed by atoms with van der Waals surface area (Å²) in [5, 5.41) is 0. The molecule has 0 radical (unpaired) electrons. The molecular formula is C64H38N3+3. The molecule has 9 heterocycles. The number of pyridine rings is 3. The topological polar surface area (TPSA) is 11.6 Å². The molecule has 3 aromatic heterocycles. The van der Waals surface area contributed by atoms with Crippen molar-refractivity contribution in [2.75, 3.05) is 0 Å².